The summed E-state index contributed by atoms with van der Waals surface area (Å²) in [4.78, 5) is 19.1. The highest BCUT2D eigenvalue weighted by Gasteiger charge is 2.39. The molecule has 7 heteroatoms. The van der Waals surface area contributed by atoms with Crippen LogP contribution in [0, 0.1) is 29.6 Å². The van der Waals surface area contributed by atoms with Crippen LogP contribution in [-0.4, -0.2) is 30.0 Å². The second-order valence-electron chi connectivity index (χ2n) is 11.2. The minimum absolute atomic E-state index is 0.00972. The number of amides is 1. The van der Waals surface area contributed by atoms with Crippen LogP contribution in [0.4, 0.5) is 18.9 Å². The van der Waals surface area contributed by atoms with Crippen LogP contribution in [-0.2, 0) is 11.0 Å². The number of rotatable bonds is 4. The molecule has 2 heterocycles. The lowest BCUT2D eigenvalue weighted by Crippen LogP contribution is -2.50. The Morgan fingerprint density at radius 1 is 1.09 bits per heavy atom. The van der Waals surface area contributed by atoms with E-state index in [0.29, 0.717) is 30.2 Å². The monoisotopic (exact) mass is 473 g/mol. The first-order chi connectivity index (χ1) is 16.2. The van der Waals surface area contributed by atoms with E-state index < -0.39 is 11.7 Å². The fourth-order valence-electron chi connectivity index (χ4n) is 7.02. The smallest absolute Gasteiger partial charge is 0.369 e. The van der Waals surface area contributed by atoms with E-state index in [1.54, 1.807) is 18.2 Å². The molecule has 1 N–H and O–H groups in total. The second-order valence-corrected chi connectivity index (χ2v) is 11.2. The van der Waals surface area contributed by atoms with Gasteiger partial charge in [0.25, 0.3) is 0 Å². The lowest BCUT2D eigenvalue weighted by molar-refractivity contribution is -0.136. The number of hydrogen-bond donors (Lipinski definition) is 1. The third-order valence-electron chi connectivity index (χ3n) is 8.34. The van der Waals surface area contributed by atoms with Gasteiger partial charge >= 0.3 is 6.18 Å². The molecule has 6 atom stereocenters. The van der Waals surface area contributed by atoms with Crippen LogP contribution < -0.4 is 10.2 Å². The number of benzene rings is 1. The molecule has 5 rings (SSSR count). The largest absolute Gasteiger partial charge is 0.418 e. The van der Waals surface area contributed by atoms with Crippen LogP contribution in [0.1, 0.15) is 57.9 Å². The zero-order valence-corrected chi connectivity index (χ0v) is 19.9. The van der Waals surface area contributed by atoms with E-state index >= 15 is 0 Å². The molecule has 2 saturated carbocycles. The van der Waals surface area contributed by atoms with E-state index in [0.717, 1.165) is 42.5 Å². The average Bonchev–Trinajstić information content (AvgIpc) is 3.02. The number of carbonyl (C=O) groups is 1. The molecular weight excluding hydrogens is 439 g/mol. The molecule has 2 bridgehead atoms. The highest BCUT2D eigenvalue weighted by molar-refractivity contribution is 5.94. The molecule has 34 heavy (non-hydrogen) atoms. The number of hydrogen-bond acceptors (Lipinski definition) is 3. The fourth-order valence-corrected chi connectivity index (χ4v) is 7.02. The Hall–Kier alpha value is -2.31. The lowest BCUT2D eigenvalue weighted by atomic mass is 9.78. The minimum Gasteiger partial charge on any atom is -0.369 e. The van der Waals surface area contributed by atoms with E-state index in [1.165, 1.54) is 31.9 Å². The van der Waals surface area contributed by atoms with Gasteiger partial charge in [-0.05, 0) is 86.0 Å². The predicted octanol–water partition coefficient (Wildman–Crippen LogP) is 6.05. The molecule has 1 aromatic carbocycles. The van der Waals surface area contributed by atoms with Gasteiger partial charge in [0, 0.05) is 42.8 Å². The zero-order valence-electron chi connectivity index (χ0n) is 19.9. The molecule has 4 unspecified atom stereocenters. The van der Waals surface area contributed by atoms with Crippen LogP contribution in [0.3, 0.4) is 0 Å². The van der Waals surface area contributed by atoms with Crippen molar-refractivity contribution in [2.24, 2.45) is 29.6 Å². The summed E-state index contributed by atoms with van der Waals surface area (Å²) in [5.74, 6) is 3.28. The van der Waals surface area contributed by atoms with Crippen molar-refractivity contribution in [3.05, 3.63) is 36.0 Å². The maximum atomic E-state index is 13.5. The van der Waals surface area contributed by atoms with Crippen molar-refractivity contribution in [1.29, 1.82) is 0 Å². The van der Waals surface area contributed by atoms with Gasteiger partial charge in [-0.2, -0.15) is 13.2 Å². The minimum atomic E-state index is -4.45. The van der Waals surface area contributed by atoms with Gasteiger partial charge in [0.1, 0.15) is 0 Å². The number of fused-ring (bicyclic) bond motifs is 3. The van der Waals surface area contributed by atoms with Crippen molar-refractivity contribution in [1.82, 2.24) is 10.3 Å². The first kappa shape index (κ1) is 23.4. The first-order valence-corrected chi connectivity index (χ1v) is 12.7. The predicted molar refractivity (Wildman–Crippen MR) is 127 cm³/mol. The maximum absolute atomic E-state index is 13.5. The van der Waals surface area contributed by atoms with E-state index in [4.69, 9.17) is 0 Å². The summed E-state index contributed by atoms with van der Waals surface area (Å²) in [5.41, 5.74) is 0.0183. The summed E-state index contributed by atoms with van der Waals surface area (Å²) in [6.07, 6.45) is 3.42. The highest BCUT2D eigenvalue weighted by Crippen LogP contribution is 2.48. The molecule has 0 radical (unpaired) electrons. The van der Waals surface area contributed by atoms with Crippen molar-refractivity contribution >= 4 is 22.5 Å². The summed E-state index contributed by atoms with van der Waals surface area (Å²) in [5, 5.41) is 3.77. The molecule has 1 amide bonds. The Morgan fingerprint density at radius 3 is 2.68 bits per heavy atom. The Morgan fingerprint density at radius 2 is 1.91 bits per heavy atom. The number of anilines is 1. The summed E-state index contributed by atoms with van der Waals surface area (Å²) in [6.45, 7) is 5.83. The Labute approximate surface area is 199 Å². The van der Waals surface area contributed by atoms with Crippen molar-refractivity contribution in [3.63, 3.8) is 0 Å². The van der Waals surface area contributed by atoms with Crippen LogP contribution in [0.2, 0.25) is 0 Å². The molecule has 0 spiro atoms. The van der Waals surface area contributed by atoms with Crippen LogP contribution in [0.25, 0.3) is 10.9 Å². The molecule has 4 nitrogen and oxygen atoms in total. The highest BCUT2D eigenvalue weighted by atomic mass is 19.4. The van der Waals surface area contributed by atoms with Crippen molar-refractivity contribution in [2.45, 2.75) is 64.6 Å². The summed E-state index contributed by atoms with van der Waals surface area (Å²) in [7, 11) is 0. The Bertz CT molecular complexity index is 1050. The third-order valence-corrected chi connectivity index (χ3v) is 8.34. The van der Waals surface area contributed by atoms with Gasteiger partial charge in [-0.25, -0.2) is 0 Å². The number of pyridine rings is 1. The molecule has 3 fully saturated rings. The number of alkyl halides is 3. The molecule has 3 aliphatic rings. The Balaban J connectivity index is 1.29. The molecule has 2 aromatic rings. The molecule has 2 aliphatic carbocycles. The topological polar surface area (TPSA) is 45.2 Å². The van der Waals surface area contributed by atoms with E-state index in [1.807, 2.05) is 0 Å². The van der Waals surface area contributed by atoms with Crippen LogP contribution >= 0.6 is 0 Å². The molecule has 184 valence electrons. The van der Waals surface area contributed by atoms with Gasteiger partial charge in [0.05, 0.1) is 11.1 Å². The van der Waals surface area contributed by atoms with Crippen LogP contribution in [0.15, 0.2) is 30.5 Å². The van der Waals surface area contributed by atoms with Crippen LogP contribution in [0.5, 0.6) is 0 Å². The quantitative estimate of drug-likeness (QED) is 0.588. The number of halogens is 3. The Kier molecular flexibility index (Phi) is 6.23. The number of nitrogens with zero attached hydrogens (tertiary/aromatic N) is 2. The van der Waals surface area contributed by atoms with Gasteiger partial charge in [-0.3, -0.25) is 9.78 Å². The molecule has 1 saturated heterocycles. The number of aromatic nitrogens is 1. The lowest BCUT2D eigenvalue weighted by Gasteiger charge is -2.39. The normalized spacial score (nSPS) is 31.6. The summed E-state index contributed by atoms with van der Waals surface area (Å²) >= 11 is 0. The number of nitrogens with one attached hydrogen (secondary N) is 1. The zero-order chi connectivity index (χ0) is 24.0. The summed E-state index contributed by atoms with van der Waals surface area (Å²) < 4.78 is 40.6. The van der Waals surface area contributed by atoms with E-state index in [9.17, 15) is 18.0 Å². The van der Waals surface area contributed by atoms with Crippen molar-refractivity contribution < 1.29 is 18.0 Å². The fraction of sp³-hybridized carbons (Fsp3) is 0.630. The maximum Gasteiger partial charge on any atom is 0.418 e. The standard InChI is InChI=1S/C27H34F3N3O/c1-16-8-21(32-25(34)13-19-10-18-9-17(2)20(11-18)12-19)15-33(14-16)24-6-5-23(27(28,29)30)26-22(24)4-3-7-31-26/h3-7,16-21H,8-15H2,1-2H3,(H,32,34)/t16-,17?,18?,19?,20?,21+/m0/s1. The summed E-state index contributed by atoms with van der Waals surface area (Å²) in [6, 6.07) is 6.07. The van der Waals surface area contributed by atoms with Crippen molar-refractivity contribution in [3.8, 4) is 0 Å². The van der Waals surface area contributed by atoms with E-state index in [2.05, 4.69) is 29.0 Å². The van der Waals surface area contributed by atoms with Gasteiger partial charge in [0.2, 0.25) is 5.91 Å². The third kappa shape index (κ3) is 4.76. The first-order valence-electron chi connectivity index (χ1n) is 12.7. The van der Waals surface area contributed by atoms with Gasteiger partial charge in [0.15, 0.2) is 0 Å². The van der Waals surface area contributed by atoms with Gasteiger partial charge < -0.3 is 10.2 Å². The molecule has 1 aliphatic heterocycles. The number of carbonyl (C=O) groups excluding carboxylic acids is 1. The SMILES string of the molecule is CC1CC2CC(CC(=O)N[C@@H]3C[C@H](C)CN(c4ccc(C(F)(F)F)c5ncccc45)C3)CC1C2. The van der Waals surface area contributed by atoms with E-state index in [-0.39, 0.29) is 17.5 Å². The van der Waals surface area contributed by atoms with Gasteiger partial charge in [-0.1, -0.05) is 13.8 Å². The average molecular weight is 474 g/mol. The molecule has 1 aromatic heterocycles. The molecular formula is C27H34F3N3O. The van der Waals surface area contributed by atoms with Crippen molar-refractivity contribution in [2.75, 3.05) is 18.0 Å². The second kappa shape index (κ2) is 9.04. The van der Waals surface area contributed by atoms with Gasteiger partial charge in [-0.15, -0.1) is 0 Å². The number of piperidine rings is 1.